The third-order valence-electron chi connectivity index (χ3n) is 2.92. The number of para-hydroxylation sites is 1. The highest BCUT2D eigenvalue weighted by Crippen LogP contribution is 2.22. The molecule has 0 saturated heterocycles. The van der Waals surface area contributed by atoms with Gasteiger partial charge in [-0.05, 0) is 19.1 Å². The molecule has 0 spiro atoms. The van der Waals surface area contributed by atoms with Crippen LogP contribution in [0.3, 0.4) is 0 Å². The number of rotatable bonds is 3. The number of benzene rings is 1. The molecule has 0 saturated carbocycles. The lowest BCUT2D eigenvalue weighted by atomic mass is 10.3. The molecule has 0 atom stereocenters. The number of nitrogens with zero attached hydrogens (tertiary/aromatic N) is 4. The number of hydrogen-bond acceptors (Lipinski definition) is 4. The summed E-state index contributed by atoms with van der Waals surface area (Å²) in [6.07, 6.45) is 3.34. The first kappa shape index (κ1) is 13.0. The molecule has 0 radical (unpaired) electrons. The minimum absolute atomic E-state index is 0.279. The molecule has 0 aliphatic carbocycles. The van der Waals surface area contributed by atoms with Crippen LogP contribution in [-0.2, 0) is 0 Å². The van der Waals surface area contributed by atoms with Crippen molar-refractivity contribution in [2.45, 2.75) is 6.92 Å². The monoisotopic (exact) mass is 282 g/mol. The minimum Gasteiger partial charge on any atom is -0.338 e. The second-order valence-corrected chi connectivity index (χ2v) is 4.34. The predicted molar refractivity (Wildman–Crippen MR) is 79.3 cm³/mol. The van der Waals surface area contributed by atoms with E-state index in [1.54, 1.807) is 12.4 Å². The summed E-state index contributed by atoms with van der Waals surface area (Å²) in [6, 6.07) is 8.97. The van der Waals surface area contributed by atoms with Crippen LogP contribution in [0.2, 0.25) is 0 Å². The summed E-state index contributed by atoms with van der Waals surface area (Å²) in [5.41, 5.74) is 1.21. The van der Waals surface area contributed by atoms with Gasteiger partial charge in [-0.3, -0.25) is 5.10 Å². The van der Waals surface area contributed by atoms with Gasteiger partial charge in [-0.1, -0.05) is 18.2 Å². The number of nitrogens with one attached hydrogen (secondary N) is 2. The normalized spacial score (nSPS) is 10.5. The number of urea groups is 1. The molecule has 0 bridgehead atoms. The van der Waals surface area contributed by atoms with Crippen LogP contribution in [-0.4, -0.2) is 32.7 Å². The first-order valence-corrected chi connectivity index (χ1v) is 6.59. The van der Waals surface area contributed by atoms with Gasteiger partial charge in [-0.2, -0.15) is 10.1 Å². The molecule has 0 unspecified atom stereocenters. The highest BCUT2D eigenvalue weighted by atomic mass is 16.2. The maximum Gasteiger partial charge on any atom is 0.328 e. The molecule has 7 heteroatoms. The van der Waals surface area contributed by atoms with Gasteiger partial charge in [0.2, 0.25) is 5.95 Å². The van der Waals surface area contributed by atoms with Crippen LogP contribution in [0.15, 0.2) is 42.7 Å². The molecule has 2 N–H and O–H groups in total. The molecule has 3 rings (SSSR count). The summed E-state index contributed by atoms with van der Waals surface area (Å²) < 4.78 is 0. The van der Waals surface area contributed by atoms with Crippen LogP contribution in [0.25, 0.3) is 11.0 Å². The lowest BCUT2D eigenvalue weighted by Gasteiger charge is -2.20. The second-order valence-electron chi connectivity index (χ2n) is 4.34. The minimum atomic E-state index is -0.279. The third kappa shape index (κ3) is 2.53. The topological polar surface area (TPSA) is 86.8 Å². The summed E-state index contributed by atoms with van der Waals surface area (Å²) >= 11 is 0. The van der Waals surface area contributed by atoms with Crippen LogP contribution < -0.4 is 10.2 Å². The van der Waals surface area contributed by atoms with Gasteiger partial charge in [0.15, 0.2) is 5.65 Å². The Hall–Kier alpha value is -2.96. The largest absolute Gasteiger partial charge is 0.338 e. The Morgan fingerprint density at radius 1 is 1.33 bits per heavy atom. The Bertz CT molecular complexity index is 754. The van der Waals surface area contributed by atoms with E-state index in [0.717, 1.165) is 5.39 Å². The fourth-order valence-electron chi connectivity index (χ4n) is 1.97. The van der Waals surface area contributed by atoms with E-state index in [4.69, 9.17) is 0 Å². The van der Waals surface area contributed by atoms with E-state index in [9.17, 15) is 4.79 Å². The average Bonchev–Trinajstić information content (AvgIpc) is 2.96. The van der Waals surface area contributed by atoms with Crippen LogP contribution >= 0.6 is 0 Å². The lowest BCUT2D eigenvalue weighted by molar-refractivity contribution is 0.249. The number of aromatic nitrogens is 4. The van der Waals surface area contributed by atoms with Gasteiger partial charge in [0.1, 0.15) is 0 Å². The molecule has 0 aliphatic rings. The van der Waals surface area contributed by atoms with E-state index in [-0.39, 0.29) is 12.0 Å². The molecular formula is C14H14N6O. The Balaban J connectivity index is 2.07. The predicted octanol–water partition coefficient (Wildman–Crippen LogP) is 2.22. The first-order chi connectivity index (χ1) is 10.3. The van der Waals surface area contributed by atoms with Gasteiger partial charge >= 0.3 is 6.03 Å². The van der Waals surface area contributed by atoms with Crippen molar-refractivity contribution in [3.63, 3.8) is 0 Å². The fraction of sp³-hybridized carbons (Fsp3) is 0.143. The Kier molecular flexibility index (Phi) is 3.46. The lowest BCUT2D eigenvalue weighted by Crippen LogP contribution is -2.37. The molecule has 2 amide bonds. The van der Waals surface area contributed by atoms with E-state index in [0.29, 0.717) is 17.9 Å². The molecule has 1 aromatic carbocycles. The molecule has 106 valence electrons. The summed E-state index contributed by atoms with van der Waals surface area (Å²) in [5, 5.41) is 10.3. The van der Waals surface area contributed by atoms with Gasteiger partial charge in [0.25, 0.3) is 0 Å². The highest BCUT2D eigenvalue weighted by Gasteiger charge is 2.20. The summed E-state index contributed by atoms with van der Waals surface area (Å²) in [5.74, 6) is 0.284. The number of anilines is 2. The van der Waals surface area contributed by atoms with Crippen LogP contribution in [0.5, 0.6) is 0 Å². The van der Waals surface area contributed by atoms with Crippen molar-refractivity contribution in [1.29, 1.82) is 0 Å². The molecule has 2 aromatic heterocycles. The average molecular weight is 282 g/mol. The van der Waals surface area contributed by atoms with Crippen molar-refractivity contribution >= 4 is 28.7 Å². The van der Waals surface area contributed by atoms with Gasteiger partial charge in [-0.25, -0.2) is 14.7 Å². The third-order valence-corrected chi connectivity index (χ3v) is 2.92. The molecule has 21 heavy (non-hydrogen) atoms. The van der Waals surface area contributed by atoms with E-state index < -0.39 is 0 Å². The van der Waals surface area contributed by atoms with Crippen molar-refractivity contribution < 1.29 is 4.79 Å². The van der Waals surface area contributed by atoms with E-state index in [2.05, 4.69) is 25.5 Å². The number of fused-ring (bicyclic) bond motifs is 1. The van der Waals surface area contributed by atoms with E-state index in [1.807, 2.05) is 37.3 Å². The second kappa shape index (κ2) is 5.58. The highest BCUT2D eigenvalue weighted by molar-refractivity contribution is 5.98. The van der Waals surface area contributed by atoms with Crippen LogP contribution in [0, 0.1) is 0 Å². The maximum absolute atomic E-state index is 12.3. The molecule has 0 fully saturated rings. The summed E-state index contributed by atoms with van der Waals surface area (Å²) in [4.78, 5) is 22.3. The molecule has 3 aromatic rings. The molecule has 0 aliphatic heterocycles. The Labute approximate surface area is 121 Å². The van der Waals surface area contributed by atoms with Crippen LogP contribution in [0.4, 0.5) is 16.4 Å². The van der Waals surface area contributed by atoms with Crippen molar-refractivity contribution in [3.8, 4) is 0 Å². The zero-order chi connectivity index (χ0) is 14.7. The summed E-state index contributed by atoms with van der Waals surface area (Å²) in [7, 11) is 0. The van der Waals surface area contributed by atoms with Gasteiger partial charge in [0.05, 0.1) is 11.1 Å². The van der Waals surface area contributed by atoms with Gasteiger partial charge in [-0.15, -0.1) is 0 Å². The number of hydrogen-bond donors (Lipinski definition) is 2. The van der Waals surface area contributed by atoms with E-state index in [1.165, 1.54) is 4.90 Å². The number of carbonyl (C=O) groups is 1. The van der Waals surface area contributed by atoms with E-state index >= 15 is 0 Å². The smallest absolute Gasteiger partial charge is 0.328 e. The fourth-order valence-corrected chi connectivity index (χ4v) is 1.97. The van der Waals surface area contributed by atoms with Crippen molar-refractivity contribution in [1.82, 2.24) is 25.5 Å². The number of H-pyrrole nitrogens is 1. The standard InChI is InChI=1S/C14H14N6O/c1-2-15-14(21)20(11-6-4-3-5-7-11)13-16-8-10-9-17-19-12(10)18-13/h3-9H,2H2,1H3,(H,15,21)(H,16,17,18,19). The van der Waals surface area contributed by atoms with Crippen molar-refractivity contribution in [3.05, 3.63) is 42.7 Å². The molecular weight excluding hydrogens is 268 g/mol. The number of amides is 2. The zero-order valence-corrected chi connectivity index (χ0v) is 11.4. The quantitative estimate of drug-likeness (QED) is 0.771. The molecule has 2 heterocycles. The maximum atomic E-state index is 12.3. The van der Waals surface area contributed by atoms with Crippen LogP contribution in [0.1, 0.15) is 6.92 Å². The SMILES string of the molecule is CCNC(=O)N(c1ccccc1)c1ncc2c[nH]nc2n1. The van der Waals surface area contributed by atoms with Gasteiger partial charge < -0.3 is 5.32 Å². The molecule has 7 nitrogen and oxygen atoms in total. The number of carbonyl (C=O) groups excluding carboxylic acids is 1. The number of aromatic amines is 1. The zero-order valence-electron chi connectivity index (χ0n) is 11.4. The van der Waals surface area contributed by atoms with Crippen molar-refractivity contribution in [2.75, 3.05) is 11.4 Å². The van der Waals surface area contributed by atoms with Crippen molar-refractivity contribution in [2.24, 2.45) is 0 Å². The Morgan fingerprint density at radius 3 is 2.90 bits per heavy atom. The summed E-state index contributed by atoms with van der Waals surface area (Å²) in [6.45, 7) is 2.38. The Morgan fingerprint density at radius 2 is 2.14 bits per heavy atom. The first-order valence-electron chi connectivity index (χ1n) is 6.59. The van der Waals surface area contributed by atoms with Gasteiger partial charge in [0, 0.05) is 18.9 Å².